The van der Waals surface area contributed by atoms with Gasteiger partial charge in [-0.05, 0) is 53.8 Å². The van der Waals surface area contributed by atoms with E-state index in [-0.39, 0.29) is 12.1 Å². The Labute approximate surface area is 186 Å². The topological polar surface area (TPSA) is 49.4 Å². The van der Waals surface area contributed by atoms with Gasteiger partial charge in [-0.25, -0.2) is 13.1 Å². The smallest absolute Gasteiger partial charge is 0.240 e. The van der Waals surface area contributed by atoms with E-state index in [1.54, 1.807) is 24.3 Å². The van der Waals surface area contributed by atoms with Crippen molar-refractivity contribution in [1.82, 2.24) is 9.62 Å². The van der Waals surface area contributed by atoms with Crippen LogP contribution in [-0.2, 0) is 23.0 Å². The Hall–Kier alpha value is -2.47. The van der Waals surface area contributed by atoms with Gasteiger partial charge in [0.05, 0.1) is 10.9 Å². The molecular weight excluding hydrogens is 404 g/mol. The zero-order valence-corrected chi connectivity index (χ0v) is 19.1. The number of nitrogens with zero attached hydrogens (tertiary/aromatic N) is 1. The predicted octanol–water partition coefficient (Wildman–Crippen LogP) is 4.89. The molecule has 162 valence electrons. The molecule has 0 bridgehead atoms. The van der Waals surface area contributed by atoms with E-state index < -0.39 is 10.0 Å². The summed E-state index contributed by atoms with van der Waals surface area (Å²) in [6, 6.07) is 25.4. The molecule has 3 aromatic carbocycles. The number of hydrogen-bond donors (Lipinski definition) is 1. The summed E-state index contributed by atoms with van der Waals surface area (Å²) >= 11 is 0. The molecule has 1 aliphatic carbocycles. The van der Waals surface area contributed by atoms with Gasteiger partial charge in [-0.1, -0.05) is 80.6 Å². The minimum absolute atomic E-state index is 0.0283. The van der Waals surface area contributed by atoms with Crippen molar-refractivity contribution < 1.29 is 8.42 Å². The first kappa shape index (κ1) is 21.8. The zero-order chi connectivity index (χ0) is 22.0. The van der Waals surface area contributed by atoms with Gasteiger partial charge < -0.3 is 0 Å². The van der Waals surface area contributed by atoms with Crippen molar-refractivity contribution in [3.8, 4) is 0 Å². The lowest BCUT2D eigenvalue weighted by atomic mass is 10.0. The number of sulfonamides is 1. The lowest BCUT2D eigenvalue weighted by Crippen LogP contribution is -2.43. The molecule has 0 unspecified atom stereocenters. The van der Waals surface area contributed by atoms with Crippen molar-refractivity contribution in [2.75, 3.05) is 7.05 Å². The zero-order valence-electron chi connectivity index (χ0n) is 18.3. The minimum atomic E-state index is -3.59. The van der Waals surface area contributed by atoms with Gasteiger partial charge in [0.1, 0.15) is 0 Å². The Morgan fingerprint density at radius 1 is 0.935 bits per heavy atom. The number of likely N-dealkylation sites (N-methyl/N-ethyl adjacent to an activating group) is 1. The summed E-state index contributed by atoms with van der Waals surface area (Å²) in [5.41, 5.74) is 4.95. The maximum Gasteiger partial charge on any atom is 0.240 e. The van der Waals surface area contributed by atoms with Crippen LogP contribution < -0.4 is 4.72 Å². The van der Waals surface area contributed by atoms with Gasteiger partial charge in [0, 0.05) is 12.6 Å². The molecular formula is C26H30N2O2S. The average molecular weight is 435 g/mol. The molecule has 3 aromatic rings. The SMILES string of the molecule is CC(C)c1ccc(CN(C)[C@H]2c3ccccc3C[C@H]2NS(=O)(=O)c2ccccc2)cc1. The highest BCUT2D eigenvalue weighted by Gasteiger charge is 2.37. The van der Waals surface area contributed by atoms with E-state index in [9.17, 15) is 8.42 Å². The standard InChI is InChI=1S/C26H30N2O2S/c1-19(2)21-15-13-20(14-16-21)18-28(3)26-24-12-8-7-9-22(24)17-25(26)27-31(29,30)23-10-5-4-6-11-23/h4-16,19,25-27H,17-18H2,1-3H3/t25-,26+/m1/s1. The fourth-order valence-corrected chi connectivity index (χ4v) is 5.75. The normalized spacial score (nSPS) is 18.5. The molecule has 0 spiro atoms. The third kappa shape index (κ3) is 4.74. The average Bonchev–Trinajstić information content (AvgIpc) is 3.12. The molecule has 1 aliphatic rings. The lowest BCUT2D eigenvalue weighted by Gasteiger charge is -2.31. The Bertz CT molecular complexity index is 1130. The number of benzene rings is 3. The van der Waals surface area contributed by atoms with Crippen molar-refractivity contribution in [2.24, 2.45) is 0 Å². The van der Waals surface area contributed by atoms with E-state index in [2.05, 4.69) is 66.9 Å². The van der Waals surface area contributed by atoms with Crippen LogP contribution >= 0.6 is 0 Å². The van der Waals surface area contributed by atoms with Crippen LogP contribution in [-0.4, -0.2) is 26.4 Å². The molecule has 4 rings (SSSR count). The van der Waals surface area contributed by atoms with E-state index in [4.69, 9.17) is 0 Å². The summed E-state index contributed by atoms with van der Waals surface area (Å²) in [6.07, 6.45) is 0.684. The van der Waals surface area contributed by atoms with E-state index in [1.165, 1.54) is 22.3 Å². The third-order valence-corrected chi connectivity index (χ3v) is 7.61. The van der Waals surface area contributed by atoms with Gasteiger partial charge in [0.2, 0.25) is 10.0 Å². The maximum atomic E-state index is 13.0. The maximum absolute atomic E-state index is 13.0. The molecule has 31 heavy (non-hydrogen) atoms. The summed E-state index contributed by atoms with van der Waals surface area (Å²) in [4.78, 5) is 2.56. The molecule has 0 saturated carbocycles. The highest BCUT2D eigenvalue weighted by atomic mass is 32.2. The Balaban J connectivity index is 1.59. The molecule has 5 heteroatoms. The van der Waals surface area contributed by atoms with Crippen molar-refractivity contribution in [2.45, 2.75) is 49.7 Å². The summed E-state index contributed by atoms with van der Waals surface area (Å²) in [5, 5.41) is 0. The second-order valence-corrected chi connectivity index (χ2v) is 10.4. The number of fused-ring (bicyclic) bond motifs is 1. The van der Waals surface area contributed by atoms with Gasteiger partial charge in [0.15, 0.2) is 0 Å². The number of hydrogen-bond acceptors (Lipinski definition) is 3. The summed E-state index contributed by atoms with van der Waals surface area (Å²) in [5.74, 6) is 0.505. The van der Waals surface area contributed by atoms with Crippen LogP contribution in [0, 0.1) is 0 Å². The molecule has 0 radical (unpaired) electrons. The van der Waals surface area contributed by atoms with Crippen LogP contribution in [0.1, 0.15) is 48.1 Å². The first-order chi connectivity index (χ1) is 14.8. The molecule has 0 heterocycles. The number of rotatable bonds is 7. The third-order valence-electron chi connectivity index (χ3n) is 6.11. The molecule has 2 atom stereocenters. The highest BCUT2D eigenvalue weighted by molar-refractivity contribution is 7.89. The Kier molecular flexibility index (Phi) is 6.28. The molecule has 4 nitrogen and oxygen atoms in total. The van der Waals surface area contributed by atoms with Crippen LogP contribution in [0.4, 0.5) is 0 Å². The van der Waals surface area contributed by atoms with E-state index >= 15 is 0 Å². The van der Waals surface area contributed by atoms with Gasteiger partial charge in [-0.15, -0.1) is 0 Å². The second-order valence-electron chi connectivity index (χ2n) is 8.70. The summed E-state index contributed by atoms with van der Waals surface area (Å²) in [6.45, 7) is 5.14. The molecule has 0 aromatic heterocycles. The first-order valence-electron chi connectivity index (χ1n) is 10.8. The van der Waals surface area contributed by atoms with Crippen LogP contribution in [0.5, 0.6) is 0 Å². The van der Waals surface area contributed by atoms with E-state index in [0.29, 0.717) is 17.2 Å². The minimum Gasteiger partial charge on any atom is -0.293 e. The van der Waals surface area contributed by atoms with Crippen molar-refractivity contribution in [1.29, 1.82) is 0 Å². The fourth-order valence-electron chi connectivity index (χ4n) is 4.49. The van der Waals surface area contributed by atoms with Gasteiger partial charge in [-0.2, -0.15) is 0 Å². The van der Waals surface area contributed by atoms with E-state index in [0.717, 1.165) is 6.54 Å². The van der Waals surface area contributed by atoms with E-state index in [1.807, 2.05) is 18.2 Å². The second kappa shape index (κ2) is 8.95. The molecule has 0 fully saturated rings. The Morgan fingerprint density at radius 3 is 2.26 bits per heavy atom. The van der Waals surface area contributed by atoms with Crippen LogP contribution in [0.25, 0.3) is 0 Å². The van der Waals surface area contributed by atoms with Crippen molar-refractivity contribution in [3.05, 3.63) is 101 Å². The van der Waals surface area contributed by atoms with Gasteiger partial charge in [-0.3, -0.25) is 4.90 Å². The monoisotopic (exact) mass is 434 g/mol. The summed E-state index contributed by atoms with van der Waals surface area (Å²) in [7, 11) is -1.52. The summed E-state index contributed by atoms with van der Waals surface area (Å²) < 4.78 is 29.1. The molecule has 0 saturated heterocycles. The van der Waals surface area contributed by atoms with Crippen LogP contribution in [0.15, 0.2) is 83.8 Å². The quantitative estimate of drug-likeness (QED) is 0.576. The van der Waals surface area contributed by atoms with Crippen molar-refractivity contribution in [3.63, 3.8) is 0 Å². The number of nitrogens with one attached hydrogen (secondary N) is 1. The predicted molar refractivity (Wildman–Crippen MR) is 125 cm³/mol. The first-order valence-corrected chi connectivity index (χ1v) is 12.3. The fraction of sp³-hybridized carbons (Fsp3) is 0.308. The molecule has 0 amide bonds. The highest BCUT2D eigenvalue weighted by Crippen LogP contribution is 2.36. The molecule has 1 N–H and O–H groups in total. The van der Waals surface area contributed by atoms with Gasteiger partial charge >= 0.3 is 0 Å². The largest absolute Gasteiger partial charge is 0.293 e. The molecule has 0 aliphatic heterocycles. The Morgan fingerprint density at radius 2 is 1.58 bits per heavy atom. The lowest BCUT2D eigenvalue weighted by molar-refractivity contribution is 0.209. The van der Waals surface area contributed by atoms with Crippen LogP contribution in [0.3, 0.4) is 0 Å². The van der Waals surface area contributed by atoms with Gasteiger partial charge in [0.25, 0.3) is 0 Å². The van der Waals surface area contributed by atoms with Crippen LogP contribution in [0.2, 0.25) is 0 Å². The van der Waals surface area contributed by atoms with Crippen molar-refractivity contribution >= 4 is 10.0 Å².